The fourth-order valence-electron chi connectivity index (χ4n) is 2.87. The Morgan fingerprint density at radius 2 is 2.26 bits per heavy atom. The molecule has 1 aliphatic heterocycles. The van der Waals surface area contributed by atoms with Crippen LogP contribution >= 0.6 is 11.6 Å². The maximum absolute atomic E-state index is 6.38. The third-order valence-corrected chi connectivity index (χ3v) is 4.49. The minimum absolute atomic E-state index is 0.362. The molecule has 2 heterocycles. The number of nitrogens with one attached hydrogen (secondary N) is 1. The second-order valence-corrected chi connectivity index (χ2v) is 6.20. The van der Waals surface area contributed by atoms with Gasteiger partial charge in [0.05, 0.1) is 12.1 Å². The molecule has 2 aromatic rings. The van der Waals surface area contributed by atoms with E-state index in [2.05, 4.69) is 26.3 Å². The summed E-state index contributed by atoms with van der Waals surface area (Å²) >= 11 is 6.38. The molecular weight excluding hydrogens is 312 g/mol. The molecule has 1 aromatic carbocycles. The van der Waals surface area contributed by atoms with Crippen LogP contribution in [0.2, 0.25) is 5.02 Å². The standard InChI is InChI=1S/C17H21ClN4O/c1-12-6-8-19-17(20-12)21-14-7-9-22(11-14)10-13-4-3-5-15(23-2)16(13)18/h3-6,8,14H,7,9-11H2,1-2H3,(H,19,20,21). The molecule has 0 aliphatic carbocycles. The van der Waals surface area contributed by atoms with Crippen LogP contribution in [-0.2, 0) is 6.54 Å². The van der Waals surface area contributed by atoms with E-state index in [-0.39, 0.29) is 0 Å². The fourth-order valence-corrected chi connectivity index (χ4v) is 3.13. The predicted octanol–water partition coefficient (Wildman–Crippen LogP) is 3.13. The fraction of sp³-hybridized carbons (Fsp3) is 0.412. The average Bonchev–Trinajstić information content (AvgIpc) is 2.96. The topological polar surface area (TPSA) is 50.3 Å². The highest BCUT2D eigenvalue weighted by Crippen LogP contribution is 2.29. The monoisotopic (exact) mass is 332 g/mol. The molecule has 1 atom stereocenters. The van der Waals surface area contributed by atoms with Crippen LogP contribution in [0.25, 0.3) is 0 Å². The van der Waals surface area contributed by atoms with E-state index in [9.17, 15) is 0 Å². The molecular formula is C17H21ClN4O. The van der Waals surface area contributed by atoms with E-state index in [0.29, 0.717) is 17.0 Å². The smallest absolute Gasteiger partial charge is 0.223 e. The van der Waals surface area contributed by atoms with Gasteiger partial charge in [0.2, 0.25) is 5.95 Å². The number of likely N-dealkylation sites (tertiary alicyclic amines) is 1. The van der Waals surface area contributed by atoms with E-state index in [1.807, 2.05) is 25.1 Å². The van der Waals surface area contributed by atoms with Gasteiger partial charge in [0.1, 0.15) is 5.75 Å². The molecule has 1 saturated heterocycles. The van der Waals surface area contributed by atoms with Crippen LogP contribution in [0.3, 0.4) is 0 Å². The largest absolute Gasteiger partial charge is 0.495 e. The predicted molar refractivity (Wildman–Crippen MR) is 92.1 cm³/mol. The summed E-state index contributed by atoms with van der Waals surface area (Å²) < 4.78 is 5.28. The van der Waals surface area contributed by atoms with Crippen LogP contribution in [0.5, 0.6) is 5.75 Å². The highest BCUT2D eigenvalue weighted by atomic mass is 35.5. The summed E-state index contributed by atoms with van der Waals surface area (Å²) in [5.74, 6) is 1.43. The lowest BCUT2D eigenvalue weighted by molar-refractivity contribution is 0.327. The van der Waals surface area contributed by atoms with E-state index >= 15 is 0 Å². The number of aryl methyl sites for hydroxylation is 1. The molecule has 1 fully saturated rings. The van der Waals surface area contributed by atoms with Crippen molar-refractivity contribution in [2.75, 3.05) is 25.5 Å². The van der Waals surface area contributed by atoms with Gasteiger partial charge in [-0.2, -0.15) is 0 Å². The van der Waals surface area contributed by atoms with Crippen LogP contribution in [0.1, 0.15) is 17.7 Å². The Morgan fingerprint density at radius 3 is 3.04 bits per heavy atom. The number of ether oxygens (including phenoxy) is 1. The van der Waals surface area contributed by atoms with Gasteiger partial charge in [-0.1, -0.05) is 23.7 Å². The second kappa shape index (κ2) is 7.15. The Kier molecular flexibility index (Phi) is 4.98. The van der Waals surface area contributed by atoms with Gasteiger partial charge in [-0.05, 0) is 31.0 Å². The van der Waals surface area contributed by atoms with Crippen molar-refractivity contribution in [1.29, 1.82) is 0 Å². The van der Waals surface area contributed by atoms with Crippen LogP contribution in [0, 0.1) is 6.92 Å². The molecule has 3 rings (SSSR count). The maximum atomic E-state index is 6.38. The van der Waals surface area contributed by atoms with Gasteiger partial charge in [0, 0.05) is 37.6 Å². The van der Waals surface area contributed by atoms with Crippen molar-refractivity contribution in [2.24, 2.45) is 0 Å². The minimum Gasteiger partial charge on any atom is -0.495 e. The van der Waals surface area contributed by atoms with E-state index in [1.54, 1.807) is 13.3 Å². The molecule has 0 spiro atoms. The summed E-state index contributed by atoms with van der Waals surface area (Å²) in [7, 11) is 1.64. The Labute approximate surface area is 141 Å². The van der Waals surface area contributed by atoms with Crippen molar-refractivity contribution in [3.8, 4) is 5.75 Å². The highest BCUT2D eigenvalue weighted by molar-refractivity contribution is 6.32. The molecule has 0 saturated carbocycles. The number of hydrogen-bond donors (Lipinski definition) is 1. The minimum atomic E-state index is 0.362. The van der Waals surface area contributed by atoms with Crippen molar-refractivity contribution in [2.45, 2.75) is 25.9 Å². The molecule has 0 amide bonds. The summed E-state index contributed by atoms with van der Waals surface area (Å²) in [6.07, 6.45) is 2.85. The van der Waals surface area contributed by atoms with Crippen molar-refractivity contribution in [3.05, 3.63) is 46.7 Å². The van der Waals surface area contributed by atoms with Crippen LogP contribution in [-0.4, -0.2) is 41.1 Å². The van der Waals surface area contributed by atoms with Gasteiger partial charge < -0.3 is 10.1 Å². The van der Waals surface area contributed by atoms with Crippen LogP contribution in [0.4, 0.5) is 5.95 Å². The number of halogens is 1. The van der Waals surface area contributed by atoms with Crippen LogP contribution < -0.4 is 10.1 Å². The highest BCUT2D eigenvalue weighted by Gasteiger charge is 2.23. The summed E-state index contributed by atoms with van der Waals surface area (Å²) in [5, 5.41) is 4.12. The summed E-state index contributed by atoms with van der Waals surface area (Å²) in [4.78, 5) is 11.1. The number of methoxy groups -OCH3 is 1. The maximum Gasteiger partial charge on any atom is 0.223 e. The van der Waals surface area contributed by atoms with Gasteiger partial charge in [-0.15, -0.1) is 0 Å². The number of aromatic nitrogens is 2. The van der Waals surface area contributed by atoms with Gasteiger partial charge in [-0.25, -0.2) is 9.97 Å². The van der Waals surface area contributed by atoms with Gasteiger partial charge in [-0.3, -0.25) is 4.90 Å². The van der Waals surface area contributed by atoms with Crippen molar-refractivity contribution >= 4 is 17.5 Å². The Morgan fingerprint density at radius 1 is 1.39 bits per heavy atom. The first-order valence-electron chi connectivity index (χ1n) is 7.75. The average molecular weight is 333 g/mol. The van der Waals surface area contributed by atoms with Gasteiger partial charge in [0.15, 0.2) is 0 Å². The zero-order valence-corrected chi connectivity index (χ0v) is 14.2. The molecule has 122 valence electrons. The summed E-state index contributed by atoms with van der Waals surface area (Å²) in [6, 6.07) is 8.18. The van der Waals surface area contributed by atoms with E-state index in [4.69, 9.17) is 16.3 Å². The van der Waals surface area contributed by atoms with Gasteiger partial charge >= 0.3 is 0 Å². The van der Waals surface area contributed by atoms with Crippen molar-refractivity contribution in [1.82, 2.24) is 14.9 Å². The first kappa shape index (κ1) is 16.0. The molecule has 1 N–H and O–H groups in total. The first-order chi connectivity index (χ1) is 11.2. The summed E-state index contributed by atoms with van der Waals surface area (Å²) in [6.45, 7) is 4.77. The number of anilines is 1. The first-order valence-corrected chi connectivity index (χ1v) is 8.13. The van der Waals surface area contributed by atoms with E-state index in [0.717, 1.165) is 43.1 Å². The third kappa shape index (κ3) is 3.92. The van der Waals surface area contributed by atoms with E-state index in [1.165, 1.54) is 0 Å². The zero-order chi connectivity index (χ0) is 16.2. The zero-order valence-electron chi connectivity index (χ0n) is 13.4. The van der Waals surface area contributed by atoms with Crippen molar-refractivity contribution in [3.63, 3.8) is 0 Å². The molecule has 6 heteroatoms. The second-order valence-electron chi connectivity index (χ2n) is 5.82. The molecule has 0 bridgehead atoms. The lowest BCUT2D eigenvalue weighted by Gasteiger charge is -2.18. The molecule has 0 radical (unpaired) electrons. The Balaban J connectivity index is 1.60. The van der Waals surface area contributed by atoms with Gasteiger partial charge in [0.25, 0.3) is 0 Å². The van der Waals surface area contributed by atoms with Crippen molar-refractivity contribution < 1.29 is 4.74 Å². The van der Waals surface area contributed by atoms with E-state index < -0.39 is 0 Å². The molecule has 1 aromatic heterocycles. The SMILES string of the molecule is COc1cccc(CN2CCC(Nc3nccc(C)n3)C2)c1Cl. The number of rotatable bonds is 5. The quantitative estimate of drug-likeness (QED) is 0.911. The number of hydrogen-bond acceptors (Lipinski definition) is 5. The number of nitrogens with zero attached hydrogens (tertiary/aromatic N) is 3. The van der Waals surface area contributed by atoms with Crippen LogP contribution in [0.15, 0.2) is 30.5 Å². The third-order valence-electron chi connectivity index (χ3n) is 4.06. The number of benzene rings is 1. The molecule has 5 nitrogen and oxygen atoms in total. The molecule has 23 heavy (non-hydrogen) atoms. The Bertz CT molecular complexity index is 679. The normalized spacial score (nSPS) is 18.1. The summed E-state index contributed by atoms with van der Waals surface area (Å²) in [5.41, 5.74) is 2.07. The molecule has 1 unspecified atom stereocenters. The lowest BCUT2D eigenvalue weighted by Crippen LogP contribution is -2.26. The molecule has 1 aliphatic rings. The lowest BCUT2D eigenvalue weighted by atomic mass is 10.2. The Hall–Kier alpha value is -1.85.